The third-order valence-corrected chi connectivity index (χ3v) is 3.77. The third kappa shape index (κ3) is 3.29. The molecule has 2 nitrogen and oxygen atoms in total. The zero-order valence-corrected chi connectivity index (χ0v) is 10.6. The molecule has 0 unspecified atom stereocenters. The molecular formula is C11H20O2Si. The van der Waals surface area contributed by atoms with E-state index in [4.69, 9.17) is 4.74 Å². The van der Waals surface area contributed by atoms with Gasteiger partial charge in [0, 0.05) is 0 Å². The molecule has 0 bridgehead atoms. The monoisotopic (exact) mass is 212 g/mol. The Kier molecular flexibility index (Phi) is 3.53. The van der Waals surface area contributed by atoms with Crippen LogP contribution in [0.25, 0.3) is 0 Å². The quantitative estimate of drug-likeness (QED) is 0.520. The van der Waals surface area contributed by atoms with E-state index in [9.17, 15) is 4.79 Å². The highest BCUT2D eigenvalue weighted by atomic mass is 28.3. The minimum atomic E-state index is -1.11. The number of hydrogen-bond acceptors (Lipinski definition) is 2. The molecule has 14 heavy (non-hydrogen) atoms. The van der Waals surface area contributed by atoms with Crippen molar-refractivity contribution in [3.63, 3.8) is 0 Å². The molecule has 80 valence electrons. The van der Waals surface area contributed by atoms with Crippen LogP contribution in [0.3, 0.4) is 0 Å². The Hall–Kier alpha value is -0.573. The number of rotatable bonds is 2. The van der Waals surface area contributed by atoms with Crippen LogP contribution in [0, 0.1) is 5.92 Å². The van der Waals surface area contributed by atoms with E-state index >= 15 is 0 Å². The Labute approximate surface area is 87.3 Å². The maximum Gasteiger partial charge on any atom is 0.308 e. The zero-order chi connectivity index (χ0) is 10.8. The first-order valence-corrected chi connectivity index (χ1v) is 8.78. The molecule has 0 heterocycles. The fourth-order valence-electron chi connectivity index (χ4n) is 1.99. The lowest BCUT2D eigenvalue weighted by atomic mass is 10.1. The van der Waals surface area contributed by atoms with Gasteiger partial charge in [-0.05, 0) is 19.3 Å². The molecule has 1 rings (SSSR count). The van der Waals surface area contributed by atoms with Gasteiger partial charge in [-0.3, -0.25) is 4.79 Å². The maximum atomic E-state index is 11.3. The van der Waals surface area contributed by atoms with E-state index in [1.165, 1.54) is 12.7 Å². The van der Waals surface area contributed by atoms with Crippen molar-refractivity contribution in [2.45, 2.75) is 38.9 Å². The molecule has 0 radical (unpaired) electrons. The molecule has 0 aliphatic heterocycles. The van der Waals surface area contributed by atoms with Gasteiger partial charge in [0.1, 0.15) is 0 Å². The third-order valence-electron chi connectivity index (χ3n) is 2.49. The maximum absolute atomic E-state index is 11.3. The molecule has 1 fully saturated rings. The van der Waals surface area contributed by atoms with Crippen LogP contribution in [0.1, 0.15) is 19.3 Å². The van der Waals surface area contributed by atoms with Crippen molar-refractivity contribution in [1.82, 2.24) is 0 Å². The fraction of sp³-hybridized carbons (Fsp3) is 0.727. The summed E-state index contributed by atoms with van der Waals surface area (Å²) >= 11 is 0. The molecule has 1 saturated carbocycles. The van der Waals surface area contributed by atoms with Gasteiger partial charge in [0.15, 0.2) is 0 Å². The van der Waals surface area contributed by atoms with E-state index in [1.807, 2.05) is 0 Å². The predicted octanol–water partition coefficient (Wildman–Crippen LogP) is 2.76. The molecular weight excluding hydrogens is 192 g/mol. The topological polar surface area (TPSA) is 26.3 Å². The van der Waals surface area contributed by atoms with Gasteiger partial charge in [-0.2, -0.15) is 0 Å². The molecule has 0 saturated heterocycles. The second-order valence-corrected chi connectivity index (χ2v) is 10.2. The number of ether oxygens (including phenoxy) is 1. The number of esters is 1. The van der Waals surface area contributed by atoms with Crippen LogP contribution in [0.15, 0.2) is 11.3 Å². The molecule has 0 aromatic rings. The largest absolute Gasteiger partial charge is 0.469 e. The molecule has 0 spiro atoms. The highest BCUT2D eigenvalue weighted by Crippen LogP contribution is 2.32. The minimum absolute atomic E-state index is 0.0380. The van der Waals surface area contributed by atoms with Crippen molar-refractivity contribution >= 4 is 14.0 Å². The Morgan fingerprint density at radius 1 is 1.50 bits per heavy atom. The predicted molar refractivity (Wildman–Crippen MR) is 60.8 cm³/mol. The zero-order valence-electron chi connectivity index (χ0n) is 9.59. The normalized spacial score (nSPS) is 25.4. The van der Waals surface area contributed by atoms with Gasteiger partial charge >= 0.3 is 5.97 Å². The average molecular weight is 212 g/mol. The van der Waals surface area contributed by atoms with Crippen molar-refractivity contribution in [3.05, 3.63) is 11.3 Å². The first-order valence-electron chi connectivity index (χ1n) is 5.21. The summed E-state index contributed by atoms with van der Waals surface area (Å²) in [5.41, 5.74) is 3.90. The summed E-state index contributed by atoms with van der Waals surface area (Å²) < 4.78 is 4.76. The summed E-state index contributed by atoms with van der Waals surface area (Å²) in [5, 5.41) is 0. The molecule has 0 aromatic heterocycles. The van der Waals surface area contributed by atoms with Crippen LogP contribution in [-0.4, -0.2) is 21.2 Å². The molecule has 1 aliphatic carbocycles. The van der Waals surface area contributed by atoms with E-state index in [2.05, 4.69) is 25.3 Å². The van der Waals surface area contributed by atoms with Crippen LogP contribution < -0.4 is 0 Å². The van der Waals surface area contributed by atoms with E-state index in [0.29, 0.717) is 0 Å². The standard InChI is InChI=1S/C11H20O2Si/c1-13-11(12)10-6-5-9(7-10)8-14(2,3)4/h8,10H,5-7H2,1-4H3/b9-8-/t10-/m0/s1. The molecule has 0 aromatic carbocycles. The number of allylic oxidation sites excluding steroid dienone is 1. The summed E-state index contributed by atoms with van der Waals surface area (Å²) in [4.78, 5) is 11.3. The lowest BCUT2D eigenvalue weighted by molar-refractivity contribution is -0.145. The highest BCUT2D eigenvalue weighted by Gasteiger charge is 2.27. The average Bonchev–Trinajstić information content (AvgIpc) is 2.48. The van der Waals surface area contributed by atoms with E-state index in [-0.39, 0.29) is 11.9 Å². The summed E-state index contributed by atoms with van der Waals surface area (Å²) in [7, 11) is 0.364. The van der Waals surface area contributed by atoms with Gasteiger partial charge in [-0.15, -0.1) is 0 Å². The number of carbonyl (C=O) groups is 1. The summed E-state index contributed by atoms with van der Waals surface area (Å²) in [6, 6.07) is 0. The van der Waals surface area contributed by atoms with Crippen LogP contribution in [0.4, 0.5) is 0 Å². The van der Waals surface area contributed by atoms with Crippen molar-refractivity contribution in [1.29, 1.82) is 0 Å². The molecule has 3 heteroatoms. The Morgan fingerprint density at radius 3 is 2.64 bits per heavy atom. The lowest BCUT2D eigenvalue weighted by Crippen LogP contribution is -2.17. The Balaban J connectivity index is 2.57. The van der Waals surface area contributed by atoms with Crippen molar-refractivity contribution < 1.29 is 9.53 Å². The Morgan fingerprint density at radius 2 is 2.14 bits per heavy atom. The second-order valence-electron chi connectivity index (χ2n) is 5.13. The van der Waals surface area contributed by atoms with E-state index in [1.54, 1.807) is 0 Å². The smallest absolute Gasteiger partial charge is 0.308 e. The van der Waals surface area contributed by atoms with Gasteiger partial charge in [-0.1, -0.05) is 30.9 Å². The minimum Gasteiger partial charge on any atom is -0.469 e. The SMILES string of the molecule is COC(=O)[C@H]1CC/C(=C/[Si](C)(C)C)C1. The fourth-order valence-corrected chi connectivity index (χ4v) is 3.48. The molecule has 0 amide bonds. The molecule has 1 atom stereocenters. The summed E-state index contributed by atoms with van der Waals surface area (Å²) in [6.45, 7) is 6.97. The van der Waals surface area contributed by atoms with Gasteiger partial charge in [0.25, 0.3) is 0 Å². The lowest BCUT2D eigenvalue weighted by Gasteiger charge is -2.11. The van der Waals surface area contributed by atoms with Crippen molar-refractivity contribution in [2.75, 3.05) is 7.11 Å². The Bertz CT molecular complexity index is 251. The van der Waals surface area contributed by atoms with E-state index in [0.717, 1.165) is 19.3 Å². The van der Waals surface area contributed by atoms with Crippen LogP contribution in [0.2, 0.25) is 19.6 Å². The van der Waals surface area contributed by atoms with Gasteiger partial charge < -0.3 is 4.74 Å². The molecule has 0 N–H and O–H groups in total. The highest BCUT2D eigenvalue weighted by molar-refractivity contribution is 6.81. The van der Waals surface area contributed by atoms with E-state index < -0.39 is 8.07 Å². The van der Waals surface area contributed by atoms with Gasteiger partial charge in [0.2, 0.25) is 0 Å². The first-order chi connectivity index (χ1) is 6.42. The van der Waals surface area contributed by atoms with Gasteiger partial charge in [0.05, 0.1) is 21.1 Å². The second kappa shape index (κ2) is 4.30. The van der Waals surface area contributed by atoms with Gasteiger partial charge in [-0.25, -0.2) is 0 Å². The first kappa shape index (κ1) is 11.5. The van der Waals surface area contributed by atoms with Crippen LogP contribution in [0.5, 0.6) is 0 Å². The van der Waals surface area contributed by atoms with Crippen molar-refractivity contribution in [3.8, 4) is 0 Å². The van der Waals surface area contributed by atoms with Crippen LogP contribution in [-0.2, 0) is 9.53 Å². The van der Waals surface area contributed by atoms with Crippen LogP contribution >= 0.6 is 0 Å². The van der Waals surface area contributed by atoms with Crippen molar-refractivity contribution in [2.24, 2.45) is 5.92 Å². The number of hydrogen-bond donors (Lipinski definition) is 0. The molecule has 1 aliphatic rings. The number of methoxy groups -OCH3 is 1. The number of carbonyl (C=O) groups excluding carboxylic acids is 1. The summed E-state index contributed by atoms with van der Waals surface area (Å²) in [6.07, 6.45) is 2.99. The summed E-state index contributed by atoms with van der Waals surface area (Å²) in [5.74, 6) is 0.0894.